The molecule has 0 spiro atoms. The fourth-order valence-corrected chi connectivity index (χ4v) is 1.98. The molecule has 0 radical (unpaired) electrons. The molecule has 0 aliphatic heterocycles. The number of nitrogens with zero attached hydrogens (tertiary/aromatic N) is 3. The first-order valence-electron chi connectivity index (χ1n) is 5.97. The lowest BCUT2D eigenvalue weighted by Gasteiger charge is -2.03. The van der Waals surface area contributed by atoms with E-state index >= 15 is 0 Å². The van der Waals surface area contributed by atoms with Gasteiger partial charge in [-0.3, -0.25) is 4.98 Å². The Hall–Kier alpha value is -2.49. The summed E-state index contributed by atoms with van der Waals surface area (Å²) in [6.45, 7) is 1.97. The SMILES string of the molecule is Cc1cc(-c2ccncc2)nn1-c1ccc(F)cc1. The van der Waals surface area contributed by atoms with Crippen molar-refractivity contribution in [3.05, 3.63) is 66.4 Å². The van der Waals surface area contributed by atoms with Gasteiger partial charge in [0.1, 0.15) is 5.82 Å². The van der Waals surface area contributed by atoms with Crippen LogP contribution in [0.5, 0.6) is 0 Å². The number of hydrogen-bond acceptors (Lipinski definition) is 2. The van der Waals surface area contributed by atoms with Crippen molar-refractivity contribution >= 4 is 0 Å². The highest BCUT2D eigenvalue weighted by molar-refractivity contribution is 5.59. The number of aromatic nitrogens is 3. The summed E-state index contributed by atoms with van der Waals surface area (Å²) in [5, 5.41) is 4.55. The monoisotopic (exact) mass is 253 g/mol. The van der Waals surface area contributed by atoms with Crippen LogP contribution in [0.15, 0.2) is 54.9 Å². The largest absolute Gasteiger partial charge is 0.265 e. The molecule has 2 aromatic heterocycles. The Morgan fingerprint density at radius 1 is 1.00 bits per heavy atom. The van der Waals surface area contributed by atoms with Crippen molar-refractivity contribution in [1.82, 2.24) is 14.8 Å². The molecule has 94 valence electrons. The van der Waals surface area contributed by atoms with Crippen LogP contribution in [0.3, 0.4) is 0 Å². The average Bonchev–Trinajstić information content (AvgIpc) is 2.83. The summed E-state index contributed by atoms with van der Waals surface area (Å²) < 4.78 is 14.7. The van der Waals surface area contributed by atoms with Gasteiger partial charge in [-0.15, -0.1) is 0 Å². The first-order chi connectivity index (χ1) is 9.24. The molecule has 2 heterocycles. The van der Waals surface area contributed by atoms with Crippen LogP contribution in [0.2, 0.25) is 0 Å². The molecule has 0 bridgehead atoms. The van der Waals surface area contributed by atoms with Crippen LogP contribution in [-0.4, -0.2) is 14.8 Å². The minimum atomic E-state index is -0.247. The van der Waals surface area contributed by atoms with Gasteiger partial charge in [0.05, 0.1) is 11.4 Å². The summed E-state index contributed by atoms with van der Waals surface area (Å²) >= 11 is 0. The van der Waals surface area contributed by atoms with Crippen molar-refractivity contribution in [3.8, 4) is 16.9 Å². The predicted octanol–water partition coefficient (Wildman–Crippen LogP) is 3.38. The van der Waals surface area contributed by atoms with Crippen molar-refractivity contribution < 1.29 is 4.39 Å². The summed E-state index contributed by atoms with van der Waals surface area (Å²) in [7, 11) is 0. The molecule has 0 saturated carbocycles. The Bertz CT molecular complexity index is 687. The number of rotatable bonds is 2. The van der Waals surface area contributed by atoms with E-state index in [9.17, 15) is 4.39 Å². The third kappa shape index (κ3) is 2.25. The van der Waals surface area contributed by atoms with Gasteiger partial charge in [0.15, 0.2) is 0 Å². The van der Waals surface area contributed by atoms with E-state index in [1.54, 1.807) is 29.2 Å². The third-order valence-corrected chi connectivity index (χ3v) is 2.93. The Labute approximate surface area is 110 Å². The second kappa shape index (κ2) is 4.65. The first kappa shape index (κ1) is 11.6. The molecule has 0 fully saturated rings. The van der Waals surface area contributed by atoms with E-state index in [4.69, 9.17) is 0 Å². The van der Waals surface area contributed by atoms with Crippen LogP contribution < -0.4 is 0 Å². The number of halogens is 1. The van der Waals surface area contributed by atoms with Gasteiger partial charge in [-0.2, -0.15) is 5.10 Å². The molecular formula is C15H12FN3. The summed E-state index contributed by atoms with van der Waals surface area (Å²) in [4.78, 5) is 3.99. The minimum Gasteiger partial charge on any atom is -0.265 e. The zero-order chi connectivity index (χ0) is 13.2. The van der Waals surface area contributed by atoms with Gasteiger partial charge in [0.25, 0.3) is 0 Å². The van der Waals surface area contributed by atoms with Gasteiger partial charge < -0.3 is 0 Å². The lowest BCUT2D eigenvalue weighted by Crippen LogP contribution is -1.98. The Balaban J connectivity index is 2.05. The van der Waals surface area contributed by atoms with Gasteiger partial charge in [-0.05, 0) is 49.4 Å². The summed E-state index contributed by atoms with van der Waals surface area (Å²) in [5.41, 5.74) is 3.74. The molecule has 0 atom stereocenters. The number of benzene rings is 1. The van der Waals surface area contributed by atoms with E-state index in [2.05, 4.69) is 10.1 Å². The predicted molar refractivity (Wildman–Crippen MR) is 71.5 cm³/mol. The van der Waals surface area contributed by atoms with E-state index in [1.807, 2.05) is 25.1 Å². The molecular weight excluding hydrogens is 241 g/mol. The number of aryl methyl sites for hydroxylation is 1. The highest BCUT2D eigenvalue weighted by Crippen LogP contribution is 2.20. The second-order valence-corrected chi connectivity index (χ2v) is 4.30. The maximum atomic E-state index is 12.9. The lowest BCUT2D eigenvalue weighted by atomic mass is 10.2. The topological polar surface area (TPSA) is 30.7 Å². The maximum Gasteiger partial charge on any atom is 0.123 e. The van der Waals surface area contributed by atoms with E-state index in [0.717, 1.165) is 22.6 Å². The van der Waals surface area contributed by atoms with E-state index < -0.39 is 0 Å². The first-order valence-corrected chi connectivity index (χ1v) is 5.97. The molecule has 3 aromatic rings. The number of hydrogen-bond donors (Lipinski definition) is 0. The highest BCUT2D eigenvalue weighted by Gasteiger charge is 2.07. The van der Waals surface area contributed by atoms with Crippen molar-refractivity contribution in [1.29, 1.82) is 0 Å². The van der Waals surface area contributed by atoms with Gasteiger partial charge in [0, 0.05) is 23.7 Å². The molecule has 0 amide bonds. The number of pyridine rings is 1. The quantitative estimate of drug-likeness (QED) is 0.701. The van der Waals surface area contributed by atoms with Crippen LogP contribution in [-0.2, 0) is 0 Å². The van der Waals surface area contributed by atoms with Gasteiger partial charge in [0.2, 0.25) is 0 Å². The minimum absolute atomic E-state index is 0.247. The van der Waals surface area contributed by atoms with Crippen LogP contribution in [0.4, 0.5) is 4.39 Å². The molecule has 0 aliphatic carbocycles. The fraction of sp³-hybridized carbons (Fsp3) is 0.0667. The van der Waals surface area contributed by atoms with Crippen molar-refractivity contribution in [2.45, 2.75) is 6.92 Å². The molecule has 0 N–H and O–H groups in total. The maximum absolute atomic E-state index is 12.9. The molecule has 0 unspecified atom stereocenters. The average molecular weight is 253 g/mol. The summed E-state index contributed by atoms with van der Waals surface area (Å²) in [5.74, 6) is -0.247. The molecule has 0 aliphatic rings. The van der Waals surface area contributed by atoms with Crippen molar-refractivity contribution in [2.24, 2.45) is 0 Å². The van der Waals surface area contributed by atoms with E-state index in [-0.39, 0.29) is 5.82 Å². The standard InChI is InChI=1S/C15H12FN3/c1-11-10-15(12-6-8-17-9-7-12)18-19(11)14-4-2-13(16)3-5-14/h2-10H,1H3. The van der Waals surface area contributed by atoms with E-state index in [1.165, 1.54) is 12.1 Å². The van der Waals surface area contributed by atoms with Gasteiger partial charge in [-0.1, -0.05) is 0 Å². The Morgan fingerprint density at radius 2 is 1.68 bits per heavy atom. The molecule has 4 heteroatoms. The molecule has 0 saturated heterocycles. The van der Waals surface area contributed by atoms with Crippen molar-refractivity contribution in [2.75, 3.05) is 0 Å². The second-order valence-electron chi connectivity index (χ2n) is 4.30. The molecule has 19 heavy (non-hydrogen) atoms. The molecule has 3 nitrogen and oxygen atoms in total. The van der Waals surface area contributed by atoms with E-state index in [0.29, 0.717) is 0 Å². The molecule has 1 aromatic carbocycles. The van der Waals surface area contributed by atoms with Crippen LogP contribution in [0, 0.1) is 12.7 Å². The van der Waals surface area contributed by atoms with Crippen LogP contribution >= 0.6 is 0 Å². The Kier molecular flexibility index (Phi) is 2.83. The summed E-state index contributed by atoms with van der Waals surface area (Å²) in [6.07, 6.45) is 3.48. The van der Waals surface area contributed by atoms with Crippen molar-refractivity contribution in [3.63, 3.8) is 0 Å². The zero-order valence-electron chi connectivity index (χ0n) is 10.4. The summed E-state index contributed by atoms with van der Waals surface area (Å²) in [6, 6.07) is 12.1. The van der Waals surface area contributed by atoms with Gasteiger partial charge in [-0.25, -0.2) is 9.07 Å². The van der Waals surface area contributed by atoms with Crippen LogP contribution in [0.1, 0.15) is 5.69 Å². The molecule has 3 rings (SSSR count). The Morgan fingerprint density at radius 3 is 2.37 bits per heavy atom. The van der Waals surface area contributed by atoms with Gasteiger partial charge >= 0.3 is 0 Å². The third-order valence-electron chi connectivity index (χ3n) is 2.93. The smallest absolute Gasteiger partial charge is 0.123 e. The fourth-order valence-electron chi connectivity index (χ4n) is 1.98. The lowest BCUT2D eigenvalue weighted by molar-refractivity contribution is 0.627. The highest BCUT2D eigenvalue weighted by atomic mass is 19.1. The normalized spacial score (nSPS) is 10.6. The van der Waals surface area contributed by atoms with Crippen LogP contribution in [0.25, 0.3) is 16.9 Å². The zero-order valence-corrected chi connectivity index (χ0v) is 10.4.